The molecule has 0 aromatic heterocycles. The van der Waals surface area contributed by atoms with E-state index in [2.05, 4.69) is 19.1 Å². The molecule has 1 aliphatic carbocycles. The van der Waals surface area contributed by atoms with E-state index in [9.17, 15) is 4.79 Å². The monoisotopic (exact) mass is 247 g/mol. The van der Waals surface area contributed by atoms with E-state index >= 15 is 0 Å². The van der Waals surface area contributed by atoms with Gasteiger partial charge in [0.2, 0.25) is 0 Å². The highest BCUT2D eigenvalue weighted by atomic mass is 16.6. The Labute approximate surface area is 106 Å². The first kappa shape index (κ1) is 11.5. The molecule has 1 heterocycles. The van der Waals surface area contributed by atoms with E-state index < -0.39 is 6.10 Å². The molecular weight excluding hydrogens is 230 g/mol. The minimum absolute atomic E-state index is 0.127. The summed E-state index contributed by atoms with van der Waals surface area (Å²) in [5, 5.41) is 9.00. The summed E-state index contributed by atoms with van der Waals surface area (Å²) in [5.74, 6) is 0. The van der Waals surface area contributed by atoms with Crippen molar-refractivity contribution in [2.24, 2.45) is 0 Å². The molecule has 0 spiro atoms. The number of rotatable bonds is 3. The Balaban J connectivity index is 1.79. The fourth-order valence-electron chi connectivity index (χ4n) is 2.35. The lowest BCUT2D eigenvalue weighted by Crippen LogP contribution is -2.25. The minimum Gasteiger partial charge on any atom is -0.441 e. The number of aliphatic hydroxyl groups is 1. The molecule has 3 rings (SSSR count). The predicted octanol–water partition coefficient (Wildman–Crippen LogP) is 2.06. The van der Waals surface area contributed by atoms with Gasteiger partial charge in [0.25, 0.3) is 0 Å². The number of hydrogen-bond donors (Lipinski definition) is 1. The second-order valence-corrected chi connectivity index (χ2v) is 5.41. The Kier molecular flexibility index (Phi) is 2.55. The van der Waals surface area contributed by atoms with Crippen LogP contribution in [0.3, 0.4) is 0 Å². The van der Waals surface area contributed by atoms with Gasteiger partial charge >= 0.3 is 6.09 Å². The first-order valence-corrected chi connectivity index (χ1v) is 6.32. The zero-order valence-electron chi connectivity index (χ0n) is 10.4. The standard InChI is InChI=1S/C14H17NO3/c1-14(6-7-14)10-2-4-11(5-3-10)15-8-12(9-16)18-13(15)17/h2-5,12,16H,6-9H2,1H3. The van der Waals surface area contributed by atoms with Crippen LogP contribution in [0.25, 0.3) is 0 Å². The van der Waals surface area contributed by atoms with Gasteiger partial charge in [0, 0.05) is 5.69 Å². The Morgan fingerprint density at radius 2 is 2.06 bits per heavy atom. The predicted molar refractivity (Wildman–Crippen MR) is 67.7 cm³/mol. The van der Waals surface area contributed by atoms with Crippen LogP contribution in [0.5, 0.6) is 0 Å². The van der Waals surface area contributed by atoms with E-state index in [0.717, 1.165) is 5.69 Å². The summed E-state index contributed by atoms with van der Waals surface area (Å²) >= 11 is 0. The molecule has 1 saturated carbocycles. The smallest absolute Gasteiger partial charge is 0.414 e. The highest BCUT2D eigenvalue weighted by Crippen LogP contribution is 2.47. The molecule has 1 aromatic carbocycles. The largest absolute Gasteiger partial charge is 0.441 e. The number of amides is 1. The van der Waals surface area contributed by atoms with Gasteiger partial charge in [-0.3, -0.25) is 4.90 Å². The van der Waals surface area contributed by atoms with Gasteiger partial charge in [-0.2, -0.15) is 0 Å². The summed E-state index contributed by atoms with van der Waals surface area (Å²) in [6, 6.07) is 8.09. The van der Waals surface area contributed by atoms with Gasteiger partial charge in [0.05, 0.1) is 13.2 Å². The van der Waals surface area contributed by atoms with Crippen LogP contribution in [-0.2, 0) is 10.2 Å². The Bertz CT molecular complexity index is 464. The summed E-state index contributed by atoms with van der Waals surface area (Å²) in [4.78, 5) is 13.2. The average Bonchev–Trinajstić information content (AvgIpc) is 3.02. The summed E-state index contributed by atoms with van der Waals surface area (Å²) in [7, 11) is 0. The normalized spacial score (nSPS) is 25.1. The molecular formula is C14H17NO3. The second kappa shape index (κ2) is 3.99. The van der Waals surface area contributed by atoms with Crippen molar-refractivity contribution in [3.05, 3.63) is 29.8 Å². The van der Waals surface area contributed by atoms with Gasteiger partial charge in [0.1, 0.15) is 6.10 Å². The van der Waals surface area contributed by atoms with Crippen molar-refractivity contribution in [3.63, 3.8) is 0 Å². The number of benzene rings is 1. The van der Waals surface area contributed by atoms with Crippen molar-refractivity contribution in [2.45, 2.75) is 31.3 Å². The zero-order chi connectivity index (χ0) is 12.8. The van der Waals surface area contributed by atoms with Crippen LogP contribution in [0.2, 0.25) is 0 Å². The molecule has 0 bridgehead atoms. The molecule has 1 N–H and O–H groups in total. The van der Waals surface area contributed by atoms with Gasteiger partial charge < -0.3 is 9.84 Å². The van der Waals surface area contributed by atoms with Crippen molar-refractivity contribution in [1.82, 2.24) is 0 Å². The number of hydrogen-bond acceptors (Lipinski definition) is 3. The number of carbonyl (C=O) groups is 1. The maximum absolute atomic E-state index is 11.6. The lowest BCUT2D eigenvalue weighted by atomic mass is 9.98. The number of cyclic esters (lactones) is 1. The topological polar surface area (TPSA) is 49.8 Å². The van der Waals surface area contributed by atoms with Crippen molar-refractivity contribution in [1.29, 1.82) is 0 Å². The Morgan fingerprint density at radius 1 is 1.39 bits per heavy atom. The third-order valence-electron chi connectivity index (χ3n) is 3.95. The number of carbonyl (C=O) groups excluding carboxylic acids is 1. The first-order chi connectivity index (χ1) is 8.62. The Morgan fingerprint density at radius 3 is 2.56 bits per heavy atom. The number of anilines is 1. The second-order valence-electron chi connectivity index (χ2n) is 5.41. The number of nitrogens with zero attached hydrogens (tertiary/aromatic N) is 1. The molecule has 1 amide bonds. The highest BCUT2D eigenvalue weighted by molar-refractivity contribution is 5.89. The molecule has 4 heteroatoms. The maximum atomic E-state index is 11.6. The van der Waals surface area contributed by atoms with E-state index in [4.69, 9.17) is 9.84 Å². The van der Waals surface area contributed by atoms with Gasteiger partial charge in [-0.25, -0.2) is 4.79 Å². The molecule has 18 heavy (non-hydrogen) atoms. The number of aliphatic hydroxyl groups excluding tert-OH is 1. The third kappa shape index (κ3) is 1.86. The number of ether oxygens (including phenoxy) is 1. The first-order valence-electron chi connectivity index (χ1n) is 6.32. The van der Waals surface area contributed by atoms with Crippen molar-refractivity contribution < 1.29 is 14.6 Å². The molecule has 1 atom stereocenters. The molecule has 2 aliphatic rings. The van der Waals surface area contributed by atoms with Crippen LogP contribution in [0, 0.1) is 0 Å². The van der Waals surface area contributed by atoms with Gasteiger partial charge in [0.15, 0.2) is 0 Å². The maximum Gasteiger partial charge on any atom is 0.414 e. The lowest BCUT2D eigenvalue weighted by molar-refractivity contribution is 0.0963. The van der Waals surface area contributed by atoms with E-state index in [1.54, 1.807) is 4.90 Å². The van der Waals surface area contributed by atoms with Crippen LogP contribution < -0.4 is 4.90 Å². The zero-order valence-corrected chi connectivity index (χ0v) is 10.4. The van der Waals surface area contributed by atoms with E-state index in [0.29, 0.717) is 12.0 Å². The van der Waals surface area contributed by atoms with Crippen molar-refractivity contribution >= 4 is 11.8 Å². The summed E-state index contributed by atoms with van der Waals surface area (Å²) in [6.45, 7) is 2.55. The van der Waals surface area contributed by atoms with Gasteiger partial charge in [-0.1, -0.05) is 19.1 Å². The van der Waals surface area contributed by atoms with Crippen LogP contribution in [0.4, 0.5) is 10.5 Å². The molecule has 96 valence electrons. The van der Waals surface area contributed by atoms with Crippen molar-refractivity contribution in [3.8, 4) is 0 Å². The van der Waals surface area contributed by atoms with Crippen LogP contribution in [0.15, 0.2) is 24.3 Å². The van der Waals surface area contributed by atoms with E-state index in [-0.39, 0.29) is 12.7 Å². The van der Waals surface area contributed by atoms with Gasteiger partial charge in [-0.15, -0.1) is 0 Å². The molecule has 1 unspecified atom stereocenters. The lowest BCUT2D eigenvalue weighted by Gasteiger charge is -2.15. The fourth-order valence-corrected chi connectivity index (χ4v) is 2.35. The molecule has 1 aliphatic heterocycles. The Hall–Kier alpha value is -1.55. The van der Waals surface area contributed by atoms with Crippen LogP contribution in [-0.4, -0.2) is 30.5 Å². The molecule has 1 saturated heterocycles. The van der Waals surface area contributed by atoms with Crippen molar-refractivity contribution in [2.75, 3.05) is 18.1 Å². The molecule has 0 radical (unpaired) electrons. The molecule has 2 fully saturated rings. The highest BCUT2D eigenvalue weighted by Gasteiger charge is 2.39. The molecule has 4 nitrogen and oxygen atoms in total. The summed E-state index contributed by atoms with van der Waals surface area (Å²) < 4.78 is 5.02. The summed E-state index contributed by atoms with van der Waals surface area (Å²) in [6.07, 6.45) is 1.70. The van der Waals surface area contributed by atoms with Crippen LogP contribution >= 0.6 is 0 Å². The minimum atomic E-state index is -0.405. The van der Waals surface area contributed by atoms with E-state index in [1.807, 2.05) is 12.1 Å². The van der Waals surface area contributed by atoms with E-state index in [1.165, 1.54) is 18.4 Å². The molecule has 1 aromatic rings. The quantitative estimate of drug-likeness (QED) is 0.889. The SMILES string of the molecule is CC1(c2ccc(N3CC(CO)OC3=O)cc2)CC1. The third-order valence-corrected chi connectivity index (χ3v) is 3.95. The average molecular weight is 247 g/mol. The van der Waals surface area contributed by atoms with Gasteiger partial charge in [-0.05, 0) is 36.0 Å². The van der Waals surface area contributed by atoms with Crippen LogP contribution in [0.1, 0.15) is 25.3 Å². The fraction of sp³-hybridized carbons (Fsp3) is 0.500. The summed E-state index contributed by atoms with van der Waals surface area (Å²) in [5.41, 5.74) is 2.51.